The summed E-state index contributed by atoms with van der Waals surface area (Å²) in [5.74, 6) is 0.149. The van der Waals surface area contributed by atoms with E-state index in [-0.39, 0.29) is 11.8 Å². The quantitative estimate of drug-likeness (QED) is 0.187. The zero-order valence-electron chi connectivity index (χ0n) is 22.3. The minimum Gasteiger partial charge on any atom is -0.399 e. The molecule has 0 saturated heterocycles. The third-order valence-corrected chi connectivity index (χ3v) is 9.06. The maximum absolute atomic E-state index is 13.2. The smallest absolute Gasteiger partial charge is 0.261 e. The van der Waals surface area contributed by atoms with Crippen molar-refractivity contribution in [3.05, 3.63) is 101 Å². The first-order valence-electron chi connectivity index (χ1n) is 13.1. The number of thiophene rings is 1. The second kappa shape index (κ2) is 12.0. The Morgan fingerprint density at radius 2 is 1.85 bits per heavy atom. The van der Waals surface area contributed by atoms with Crippen molar-refractivity contribution in [3.63, 3.8) is 0 Å². The van der Waals surface area contributed by atoms with E-state index < -0.39 is 0 Å². The molecule has 4 aromatic rings. The van der Waals surface area contributed by atoms with Crippen LogP contribution in [-0.2, 0) is 6.54 Å². The topological polar surface area (TPSA) is 83.3 Å². The Morgan fingerprint density at radius 3 is 2.59 bits per heavy atom. The Labute approximate surface area is 238 Å². The largest absolute Gasteiger partial charge is 0.399 e. The number of nitrogens with zero attached hydrogens (tertiary/aromatic N) is 2. The minimum atomic E-state index is -0.0702. The van der Waals surface area contributed by atoms with Crippen LogP contribution in [-0.4, -0.2) is 28.4 Å². The molecular weight excluding hydrogens is 523 g/mol. The van der Waals surface area contributed by atoms with Crippen molar-refractivity contribution in [1.82, 2.24) is 15.2 Å². The number of nitrogen functional groups attached to an aromatic ring is 1. The molecule has 1 aliphatic rings. The lowest BCUT2D eigenvalue weighted by molar-refractivity contribution is 0.0955. The van der Waals surface area contributed by atoms with E-state index in [0.29, 0.717) is 17.5 Å². The molecule has 4 N–H and O–H groups in total. The Kier molecular flexibility index (Phi) is 8.24. The summed E-state index contributed by atoms with van der Waals surface area (Å²) >= 11 is 3.11. The number of amides is 1. The number of hydrogen-bond donors (Lipinski definition) is 3. The molecule has 1 atom stereocenters. The molecule has 0 aliphatic carbocycles. The maximum atomic E-state index is 13.2. The van der Waals surface area contributed by atoms with Gasteiger partial charge < -0.3 is 21.3 Å². The average molecular weight is 556 g/mol. The summed E-state index contributed by atoms with van der Waals surface area (Å²) in [6.07, 6.45) is 6.09. The van der Waals surface area contributed by atoms with Gasteiger partial charge in [-0.1, -0.05) is 49.0 Å². The number of pyridine rings is 1. The Morgan fingerprint density at radius 1 is 1.08 bits per heavy atom. The fourth-order valence-electron chi connectivity index (χ4n) is 4.36. The first-order valence-corrected chi connectivity index (χ1v) is 14.7. The second-order valence-corrected chi connectivity index (χ2v) is 12.3. The van der Waals surface area contributed by atoms with E-state index in [4.69, 9.17) is 5.73 Å². The van der Waals surface area contributed by atoms with Crippen LogP contribution in [0.2, 0.25) is 0 Å². The zero-order chi connectivity index (χ0) is 27.4. The summed E-state index contributed by atoms with van der Waals surface area (Å²) in [4.78, 5) is 21.9. The number of carbonyl (C=O) groups is 1. The molecule has 2 aromatic heterocycles. The Balaban J connectivity index is 1.40. The molecule has 2 aromatic carbocycles. The molecule has 0 saturated carbocycles. The number of aromatic nitrogens is 1. The molecule has 6 nitrogen and oxygen atoms in total. The highest BCUT2D eigenvalue weighted by Crippen LogP contribution is 2.42. The minimum absolute atomic E-state index is 0.0702. The molecule has 8 heteroatoms. The first kappa shape index (κ1) is 26.8. The normalized spacial score (nSPS) is 13.3. The Bertz CT molecular complexity index is 1460. The van der Waals surface area contributed by atoms with Crippen LogP contribution in [0.5, 0.6) is 0 Å². The molecule has 1 unspecified atom stereocenters. The highest BCUT2D eigenvalue weighted by Gasteiger charge is 2.20. The Hall–Kier alpha value is -3.75. The molecule has 200 valence electrons. The number of hydrogen-bond acceptors (Lipinski definition) is 7. The SMILES string of the molecule is CC(CNC(=O)c1cc(Nc2ccnc3c2C=CN(C(C)C)C3)c(Sc2ccc(N)cc2)s1)c1ccccc1. The van der Waals surface area contributed by atoms with E-state index >= 15 is 0 Å². The monoisotopic (exact) mass is 555 g/mol. The van der Waals surface area contributed by atoms with Gasteiger partial charge >= 0.3 is 0 Å². The van der Waals surface area contributed by atoms with Crippen molar-refractivity contribution in [3.8, 4) is 0 Å². The number of fused-ring (bicyclic) bond motifs is 1. The van der Waals surface area contributed by atoms with Crippen LogP contribution >= 0.6 is 23.1 Å². The number of nitrogens with one attached hydrogen (secondary N) is 2. The summed E-state index contributed by atoms with van der Waals surface area (Å²) < 4.78 is 1.01. The van der Waals surface area contributed by atoms with Gasteiger partial charge in [-0.2, -0.15) is 0 Å². The van der Waals surface area contributed by atoms with Crippen LogP contribution in [0.25, 0.3) is 6.08 Å². The lowest BCUT2D eigenvalue weighted by atomic mass is 10.0. The summed E-state index contributed by atoms with van der Waals surface area (Å²) in [6.45, 7) is 7.81. The van der Waals surface area contributed by atoms with Gasteiger partial charge in [0.25, 0.3) is 5.91 Å². The van der Waals surface area contributed by atoms with Crippen LogP contribution in [0, 0.1) is 0 Å². The molecule has 1 amide bonds. The molecule has 5 rings (SSSR count). The van der Waals surface area contributed by atoms with Crippen molar-refractivity contribution in [2.45, 2.75) is 48.4 Å². The van der Waals surface area contributed by atoms with Gasteiger partial charge in [0.15, 0.2) is 0 Å². The molecular formula is C31H33N5OS2. The van der Waals surface area contributed by atoms with E-state index in [1.807, 2.05) is 60.8 Å². The van der Waals surface area contributed by atoms with Gasteiger partial charge in [-0.3, -0.25) is 9.78 Å². The third-order valence-electron chi connectivity index (χ3n) is 6.72. The number of carbonyl (C=O) groups excluding carboxylic acids is 1. The van der Waals surface area contributed by atoms with E-state index in [0.717, 1.165) is 44.0 Å². The van der Waals surface area contributed by atoms with Gasteiger partial charge in [0.1, 0.15) is 0 Å². The molecule has 39 heavy (non-hydrogen) atoms. The number of benzene rings is 2. The van der Waals surface area contributed by atoms with Gasteiger partial charge in [-0.25, -0.2) is 0 Å². The molecule has 1 aliphatic heterocycles. The van der Waals surface area contributed by atoms with Crippen molar-refractivity contribution >= 4 is 52.1 Å². The lowest BCUT2D eigenvalue weighted by Crippen LogP contribution is -2.27. The van der Waals surface area contributed by atoms with Crippen molar-refractivity contribution in [2.24, 2.45) is 0 Å². The number of rotatable bonds is 9. The van der Waals surface area contributed by atoms with Crippen LogP contribution in [0.3, 0.4) is 0 Å². The molecule has 0 bridgehead atoms. The lowest BCUT2D eigenvalue weighted by Gasteiger charge is -2.29. The highest BCUT2D eigenvalue weighted by molar-refractivity contribution is 8.01. The fourth-order valence-corrected chi connectivity index (χ4v) is 6.55. The summed E-state index contributed by atoms with van der Waals surface area (Å²) in [6, 6.07) is 22.4. The fraction of sp³-hybridized carbons (Fsp3) is 0.226. The summed E-state index contributed by atoms with van der Waals surface area (Å²) in [5, 5.41) is 6.75. The van der Waals surface area contributed by atoms with Gasteiger partial charge in [-0.05, 0) is 67.8 Å². The van der Waals surface area contributed by atoms with Crippen LogP contribution in [0.15, 0.2) is 88.2 Å². The van der Waals surface area contributed by atoms with Crippen LogP contribution in [0.4, 0.5) is 17.1 Å². The predicted octanol–water partition coefficient (Wildman–Crippen LogP) is 7.35. The summed E-state index contributed by atoms with van der Waals surface area (Å²) in [5.41, 5.74) is 11.8. The van der Waals surface area contributed by atoms with E-state index in [1.54, 1.807) is 11.8 Å². The predicted molar refractivity (Wildman–Crippen MR) is 164 cm³/mol. The van der Waals surface area contributed by atoms with Crippen LogP contribution in [0.1, 0.15) is 53.2 Å². The molecule has 3 heterocycles. The van der Waals surface area contributed by atoms with Gasteiger partial charge in [0.05, 0.1) is 27.0 Å². The molecule has 0 spiro atoms. The average Bonchev–Trinajstić information content (AvgIpc) is 3.35. The van der Waals surface area contributed by atoms with Crippen molar-refractivity contribution < 1.29 is 4.79 Å². The van der Waals surface area contributed by atoms with Gasteiger partial charge in [0, 0.05) is 46.8 Å². The first-order chi connectivity index (χ1) is 18.9. The van der Waals surface area contributed by atoms with Gasteiger partial charge in [0.2, 0.25) is 0 Å². The van der Waals surface area contributed by atoms with Crippen molar-refractivity contribution in [2.75, 3.05) is 17.6 Å². The number of nitrogens with two attached hydrogens (primary N) is 1. The van der Waals surface area contributed by atoms with E-state index in [9.17, 15) is 4.79 Å². The zero-order valence-corrected chi connectivity index (χ0v) is 24.0. The second-order valence-electron chi connectivity index (χ2n) is 9.93. The molecule has 0 radical (unpaired) electrons. The number of anilines is 3. The third kappa shape index (κ3) is 6.46. The highest BCUT2D eigenvalue weighted by atomic mass is 32.2. The van der Waals surface area contributed by atoms with Crippen molar-refractivity contribution in [1.29, 1.82) is 0 Å². The van der Waals surface area contributed by atoms with E-state index in [2.05, 4.69) is 65.7 Å². The van der Waals surface area contributed by atoms with E-state index in [1.165, 1.54) is 16.9 Å². The van der Waals surface area contributed by atoms with Crippen LogP contribution < -0.4 is 16.4 Å². The van der Waals surface area contributed by atoms with Gasteiger partial charge in [-0.15, -0.1) is 11.3 Å². The summed E-state index contributed by atoms with van der Waals surface area (Å²) in [7, 11) is 0. The standard InChI is InChI=1S/C31H33N5OS2/c1-20(2)36-16-14-25-26(13-15-33-28(25)19-36)35-27-17-29(39-31(27)38-24-11-9-23(32)10-12-24)30(37)34-18-21(3)22-7-5-4-6-8-22/h4-17,20-21H,18-19,32H2,1-3H3,(H,33,35)(H,34,37). The molecule has 0 fully saturated rings. The maximum Gasteiger partial charge on any atom is 0.261 e.